The van der Waals surface area contributed by atoms with E-state index in [4.69, 9.17) is 5.11 Å². The summed E-state index contributed by atoms with van der Waals surface area (Å²) in [5.41, 5.74) is 2.90. The van der Waals surface area contributed by atoms with Crippen molar-refractivity contribution in [3.8, 4) is 0 Å². The number of carbonyl (C=O) groups excluding carboxylic acids is 2. The van der Waals surface area contributed by atoms with Gasteiger partial charge >= 0.3 is 0 Å². The highest BCUT2D eigenvalue weighted by molar-refractivity contribution is 6.41. The maximum Gasteiger partial charge on any atom is 0.293 e. The van der Waals surface area contributed by atoms with Crippen molar-refractivity contribution in [3.05, 3.63) is 29.3 Å². The van der Waals surface area contributed by atoms with Crippen LogP contribution in [0.15, 0.2) is 18.2 Å². The van der Waals surface area contributed by atoms with E-state index in [1.54, 1.807) is 0 Å². The summed E-state index contributed by atoms with van der Waals surface area (Å²) in [6.07, 6.45) is 0. The first-order valence-electron chi connectivity index (χ1n) is 9.86. The molecule has 1 fully saturated rings. The van der Waals surface area contributed by atoms with Gasteiger partial charge in [0.15, 0.2) is 0 Å². The van der Waals surface area contributed by atoms with Gasteiger partial charge in [-0.1, -0.05) is 45.9 Å². The molecule has 0 atom stereocenters. The molecule has 0 unspecified atom stereocenters. The fourth-order valence-electron chi connectivity index (χ4n) is 3.47. The summed E-state index contributed by atoms with van der Waals surface area (Å²) in [7, 11) is 0. The fraction of sp³-hybridized carbons (Fsp3) is 0.619. The molecule has 2 rings (SSSR count). The molecule has 0 saturated carbocycles. The lowest BCUT2D eigenvalue weighted by Crippen LogP contribution is -2.49. The van der Waals surface area contributed by atoms with Crippen LogP contribution in [0.4, 0.5) is 5.69 Å². The number of hydrogen-bond acceptors (Lipinski definition) is 5. The second-order valence-electron chi connectivity index (χ2n) is 7.84. The summed E-state index contributed by atoms with van der Waals surface area (Å²) in [6, 6.07) is 6.03. The van der Waals surface area contributed by atoms with E-state index in [1.165, 1.54) is 0 Å². The zero-order valence-corrected chi connectivity index (χ0v) is 17.0. The number of aliphatic hydroxyl groups excluding tert-OH is 1. The number of β-amino-alcohol motifs (C(OH)–C–C–N with tert-alkyl or cyclic N) is 1. The minimum Gasteiger partial charge on any atom is -0.395 e. The maximum atomic E-state index is 12.6. The third kappa shape index (κ3) is 5.86. The lowest BCUT2D eigenvalue weighted by atomic mass is 9.92. The molecule has 1 saturated heterocycles. The number of ketones is 1. The van der Waals surface area contributed by atoms with Crippen molar-refractivity contribution in [2.75, 3.05) is 51.2 Å². The van der Waals surface area contributed by atoms with Gasteiger partial charge in [-0.3, -0.25) is 19.4 Å². The third-order valence-corrected chi connectivity index (χ3v) is 5.11. The number of nitrogens with one attached hydrogen (secondary N) is 1. The molecular weight excluding hydrogens is 342 g/mol. The monoisotopic (exact) mass is 375 g/mol. The number of carbonyl (C=O) groups is 2. The number of anilines is 1. The smallest absolute Gasteiger partial charge is 0.293 e. The van der Waals surface area contributed by atoms with Gasteiger partial charge in [-0.25, -0.2) is 0 Å². The van der Waals surface area contributed by atoms with E-state index in [2.05, 4.69) is 37.9 Å². The molecule has 6 nitrogen and oxygen atoms in total. The number of hydrogen-bond donors (Lipinski definition) is 2. The van der Waals surface area contributed by atoms with Crippen molar-refractivity contribution in [1.82, 2.24) is 9.80 Å². The number of amides is 1. The molecule has 0 aromatic heterocycles. The molecule has 0 aliphatic carbocycles. The van der Waals surface area contributed by atoms with E-state index < -0.39 is 11.7 Å². The predicted octanol–water partition coefficient (Wildman–Crippen LogP) is 2.05. The number of para-hydroxylation sites is 1. The Morgan fingerprint density at radius 3 is 2.00 bits per heavy atom. The van der Waals surface area contributed by atoms with Crippen LogP contribution in [0.3, 0.4) is 0 Å². The predicted molar refractivity (Wildman–Crippen MR) is 108 cm³/mol. The second-order valence-corrected chi connectivity index (χ2v) is 7.84. The molecule has 1 aromatic carbocycles. The molecule has 1 aliphatic heterocycles. The number of Topliss-reactive ketones (excluding diaryl/α,β-unsaturated/α-hetero) is 1. The summed E-state index contributed by atoms with van der Waals surface area (Å²) >= 11 is 0. The summed E-state index contributed by atoms with van der Waals surface area (Å²) in [6.45, 7) is 12.4. The highest BCUT2D eigenvalue weighted by atomic mass is 16.3. The van der Waals surface area contributed by atoms with Crippen LogP contribution in [-0.4, -0.2) is 72.5 Å². The van der Waals surface area contributed by atoms with Crippen molar-refractivity contribution >= 4 is 17.4 Å². The minimum atomic E-state index is -0.539. The van der Waals surface area contributed by atoms with Crippen LogP contribution in [0.25, 0.3) is 0 Å². The zero-order valence-electron chi connectivity index (χ0n) is 17.0. The summed E-state index contributed by atoms with van der Waals surface area (Å²) in [5, 5.41) is 11.9. The van der Waals surface area contributed by atoms with Crippen molar-refractivity contribution in [2.45, 2.75) is 39.5 Å². The first-order chi connectivity index (χ1) is 12.8. The molecule has 0 spiro atoms. The van der Waals surface area contributed by atoms with Gasteiger partial charge in [0.2, 0.25) is 5.78 Å². The van der Waals surface area contributed by atoms with Crippen LogP contribution >= 0.6 is 0 Å². The lowest BCUT2D eigenvalue weighted by molar-refractivity contribution is -0.135. The topological polar surface area (TPSA) is 72.9 Å². The highest BCUT2D eigenvalue weighted by Crippen LogP contribution is 2.32. The normalized spacial score (nSPS) is 16.1. The Morgan fingerprint density at radius 2 is 1.52 bits per heavy atom. The third-order valence-electron chi connectivity index (χ3n) is 5.11. The molecule has 1 aromatic rings. The first kappa shape index (κ1) is 21.5. The summed E-state index contributed by atoms with van der Waals surface area (Å²) in [5.74, 6) is -0.427. The number of rotatable bonds is 8. The molecule has 1 aliphatic rings. The van der Waals surface area contributed by atoms with Gasteiger partial charge in [-0.2, -0.15) is 0 Å². The fourth-order valence-corrected chi connectivity index (χ4v) is 3.47. The van der Waals surface area contributed by atoms with Gasteiger partial charge in [0.25, 0.3) is 5.91 Å². The zero-order chi connectivity index (χ0) is 20.0. The van der Waals surface area contributed by atoms with E-state index in [1.807, 2.05) is 23.1 Å². The van der Waals surface area contributed by atoms with Crippen molar-refractivity contribution in [3.63, 3.8) is 0 Å². The molecule has 1 heterocycles. The number of nitrogens with zero attached hydrogens (tertiary/aromatic N) is 2. The highest BCUT2D eigenvalue weighted by Gasteiger charge is 2.24. The average molecular weight is 376 g/mol. The Bertz CT molecular complexity index is 624. The lowest BCUT2D eigenvalue weighted by Gasteiger charge is -2.33. The van der Waals surface area contributed by atoms with E-state index in [0.717, 1.165) is 43.0 Å². The van der Waals surface area contributed by atoms with E-state index in [9.17, 15) is 9.59 Å². The maximum absolute atomic E-state index is 12.6. The minimum absolute atomic E-state index is 0.139. The molecule has 1 amide bonds. The molecule has 0 bridgehead atoms. The molecule has 6 heteroatoms. The first-order valence-corrected chi connectivity index (χ1v) is 9.86. The van der Waals surface area contributed by atoms with E-state index in [-0.39, 0.29) is 25.0 Å². The SMILES string of the molecule is CC(C)c1cccc(C(C)C)c1NC(=O)C(=O)CN1CCN(CCO)CC1. The number of benzene rings is 1. The molecule has 2 N–H and O–H groups in total. The van der Waals surface area contributed by atoms with Crippen LogP contribution < -0.4 is 5.32 Å². The Balaban J connectivity index is 2.02. The van der Waals surface area contributed by atoms with Gasteiger partial charge in [0.1, 0.15) is 0 Å². The van der Waals surface area contributed by atoms with Crippen LogP contribution in [0.2, 0.25) is 0 Å². The Labute approximate surface area is 162 Å². The Kier molecular flexibility index (Phi) is 7.95. The van der Waals surface area contributed by atoms with Gasteiger partial charge in [0.05, 0.1) is 13.2 Å². The molecular formula is C21H33N3O3. The molecule has 0 radical (unpaired) electrons. The quantitative estimate of drug-likeness (QED) is 0.681. The average Bonchev–Trinajstić information content (AvgIpc) is 2.63. The summed E-state index contributed by atoms with van der Waals surface area (Å²) in [4.78, 5) is 29.2. The van der Waals surface area contributed by atoms with Crippen molar-refractivity contribution in [1.29, 1.82) is 0 Å². The van der Waals surface area contributed by atoms with Gasteiger partial charge in [-0.05, 0) is 23.0 Å². The second kappa shape index (κ2) is 9.97. The van der Waals surface area contributed by atoms with Crippen LogP contribution in [-0.2, 0) is 9.59 Å². The Hall–Kier alpha value is -1.76. The van der Waals surface area contributed by atoms with Gasteiger partial charge in [0, 0.05) is 38.4 Å². The number of aliphatic hydroxyl groups is 1. The van der Waals surface area contributed by atoms with Crippen LogP contribution in [0, 0.1) is 0 Å². The van der Waals surface area contributed by atoms with Crippen molar-refractivity contribution < 1.29 is 14.7 Å². The Morgan fingerprint density at radius 1 is 1.00 bits per heavy atom. The van der Waals surface area contributed by atoms with E-state index in [0.29, 0.717) is 6.54 Å². The standard InChI is InChI=1S/C21H33N3O3/c1-15(2)17-6-5-7-18(16(3)4)20(17)22-21(27)19(26)14-24-10-8-23(9-11-24)12-13-25/h5-7,15-16,25H,8-14H2,1-4H3,(H,22,27). The van der Waals surface area contributed by atoms with Gasteiger partial charge < -0.3 is 10.4 Å². The molecule has 150 valence electrons. The van der Waals surface area contributed by atoms with Gasteiger partial charge in [-0.15, -0.1) is 0 Å². The number of piperazine rings is 1. The van der Waals surface area contributed by atoms with Crippen LogP contribution in [0.5, 0.6) is 0 Å². The molecule has 27 heavy (non-hydrogen) atoms. The largest absolute Gasteiger partial charge is 0.395 e. The summed E-state index contributed by atoms with van der Waals surface area (Å²) < 4.78 is 0. The van der Waals surface area contributed by atoms with E-state index >= 15 is 0 Å². The van der Waals surface area contributed by atoms with Crippen LogP contribution in [0.1, 0.15) is 50.7 Å². The van der Waals surface area contributed by atoms with Crippen molar-refractivity contribution in [2.24, 2.45) is 0 Å².